The van der Waals surface area contributed by atoms with E-state index in [1.807, 2.05) is 0 Å². The zero-order valence-electron chi connectivity index (χ0n) is 14.3. The summed E-state index contributed by atoms with van der Waals surface area (Å²) in [4.78, 5) is 23.9. The van der Waals surface area contributed by atoms with E-state index in [1.54, 1.807) is 18.2 Å². The maximum absolute atomic E-state index is 12.2. The lowest BCUT2D eigenvalue weighted by Crippen LogP contribution is -2.31. The molecule has 0 aliphatic heterocycles. The third-order valence-corrected chi connectivity index (χ3v) is 4.21. The molecular formula is C18H25NO5. The van der Waals surface area contributed by atoms with Gasteiger partial charge in [0.05, 0.1) is 20.8 Å². The number of amides is 1. The van der Waals surface area contributed by atoms with Gasteiger partial charge in [0.25, 0.3) is 5.91 Å². The van der Waals surface area contributed by atoms with Crippen LogP contribution in [-0.4, -0.2) is 39.2 Å². The van der Waals surface area contributed by atoms with Crippen molar-refractivity contribution in [2.75, 3.05) is 27.4 Å². The number of carbonyl (C=O) groups excluding carboxylic acids is 2. The monoisotopic (exact) mass is 335 g/mol. The standard InChI is InChI=1S/C18H25NO5/c1-22-15-8-14(9-16(10-15)23-2)18(21)19-11-17(20)24-12-13-6-4-3-5-7-13/h8-10,13H,3-7,11-12H2,1-2H3,(H,19,21). The predicted octanol–water partition coefficient (Wildman–Crippen LogP) is 2.56. The summed E-state index contributed by atoms with van der Waals surface area (Å²) in [5.41, 5.74) is 0.367. The zero-order valence-corrected chi connectivity index (χ0v) is 14.3. The lowest BCUT2D eigenvalue weighted by Gasteiger charge is -2.21. The Morgan fingerprint density at radius 3 is 2.25 bits per heavy atom. The number of ether oxygens (including phenoxy) is 3. The fourth-order valence-electron chi connectivity index (χ4n) is 2.81. The van der Waals surface area contributed by atoms with E-state index in [9.17, 15) is 9.59 Å². The summed E-state index contributed by atoms with van der Waals surface area (Å²) in [5.74, 6) is 0.699. The van der Waals surface area contributed by atoms with Gasteiger partial charge >= 0.3 is 5.97 Å². The van der Waals surface area contributed by atoms with Gasteiger partial charge in [-0.05, 0) is 30.9 Å². The largest absolute Gasteiger partial charge is 0.497 e. The molecule has 1 aromatic carbocycles. The highest BCUT2D eigenvalue weighted by Crippen LogP contribution is 2.24. The van der Waals surface area contributed by atoms with Crippen LogP contribution >= 0.6 is 0 Å². The average Bonchev–Trinajstić information content (AvgIpc) is 2.64. The molecule has 1 aromatic rings. The quantitative estimate of drug-likeness (QED) is 0.775. The van der Waals surface area contributed by atoms with E-state index in [0.29, 0.717) is 29.6 Å². The van der Waals surface area contributed by atoms with Crippen LogP contribution in [-0.2, 0) is 9.53 Å². The fraction of sp³-hybridized carbons (Fsp3) is 0.556. The first-order chi connectivity index (χ1) is 11.6. The van der Waals surface area contributed by atoms with Crippen LogP contribution in [0.3, 0.4) is 0 Å². The molecule has 0 atom stereocenters. The van der Waals surface area contributed by atoms with Crippen molar-refractivity contribution in [1.29, 1.82) is 0 Å². The molecule has 6 heteroatoms. The van der Waals surface area contributed by atoms with Crippen LogP contribution in [0.15, 0.2) is 18.2 Å². The van der Waals surface area contributed by atoms with Gasteiger partial charge < -0.3 is 19.5 Å². The average molecular weight is 335 g/mol. The number of esters is 1. The molecule has 0 unspecified atom stereocenters. The van der Waals surface area contributed by atoms with Gasteiger partial charge in [0.2, 0.25) is 0 Å². The van der Waals surface area contributed by atoms with Crippen LogP contribution < -0.4 is 14.8 Å². The first-order valence-corrected chi connectivity index (χ1v) is 8.29. The zero-order chi connectivity index (χ0) is 17.4. The van der Waals surface area contributed by atoms with Crippen LogP contribution in [0, 0.1) is 5.92 Å². The second kappa shape index (κ2) is 9.15. The number of hydrogen-bond donors (Lipinski definition) is 1. The number of hydrogen-bond acceptors (Lipinski definition) is 5. The first kappa shape index (κ1) is 18.1. The predicted molar refractivity (Wildman–Crippen MR) is 89.4 cm³/mol. The Bertz CT molecular complexity index is 544. The lowest BCUT2D eigenvalue weighted by atomic mass is 9.90. The topological polar surface area (TPSA) is 73.9 Å². The summed E-state index contributed by atoms with van der Waals surface area (Å²) in [6, 6.07) is 4.85. The van der Waals surface area contributed by atoms with E-state index < -0.39 is 5.97 Å². The highest BCUT2D eigenvalue weighted by atomic mass is 16.5. The molecule has 1 amide bonds. The molecule has 0 bridgehead atoms. The van der Waals surface area contributed by atoms with Crippen molar-refractivity contribution < 1.29 is 23.8 Å². The third kappa shape index (κ3) is 5.44. The highest BCUT2D eigenvalue weighted by Gasteiger charge is 2.16. The van der Waals surface area contributed by atoms with E-state index in [2.05, 4.69) is 5.32 Å². The van der Waals surface area contributed by atoms with Crippen molar-refractivity contribution in [2.45, 2.75) is 32.1 Å². The maximum Gasteiger partial charge on any atom is 0.325 e. The Morgan fingerprint density at radius 1 is 1.04 bits per heavy atom. The highest BCUT2D eigenvalue weighted by molar-refractivity contribution is 5.96. The van der Waals surface area contributed by atoms with Crippen LogP contribution in [0.1, 0.15) is 42.5 Å². The molecular weight excluding hydrogens is 310 g/mol. The van der Waals surface area contributed by atoms with Crippen LogP contribution in [0.25, 0.3) is 0 Å². The normalized spacial score (nSPS) is 14.8. The fourth-order valence-corrected chi connectivity index (χ4v) is 2.81. The summed E-state index contributed by atoms with van der Waals surface area (Å²) in [7, 11) is 3.03. The molecule has 24 heavy (non-hydrogen) atoms. The minimum Gasteiger partial charge on any atom is -0.497 e. The van der Waals surface area contributed by atoms with Gasteiger partial charge in [0.1, 0.15) is 18.0 Å². The van der Waals surface area contributed by atoms with E-state index >= 15 is 0 Å². The van der Waals surface area contributed by atoms with Crippen LogP contribution in [0.2, 0.25) is 0 Å². The van der Waals surface area contributed by atoms with Gasteiger partial charge in [-0.15, -0.1) is 0 Å². The molecule has 6 nitrogen and oxygen atoms in total. The Labute approximate surface area is 142 Å². The van der Waals surface area contributed by atoms with Gasteiger partial charge in [0.15, 0.2) is 0 Å². The Hall–Kier alpha value is -2.24. The molecule has 1 aliphatic carbocycles. The van der Waals surface area contributed by atoms with Crippen molar-refractivity contribution in [2.24, 2.45) is 5.92 Å². The summed E-state index contributed by atoms with van der Waals surface area (Å²) >= 11 is 0. The number of benzene rings is 1. The van der Waals surface area contributed by atoms with Gasteiger partial charge in [-0.3, -0.25) is 9.59 Å². The molecule has 1 fully saturated rings. The molecule has 1 N–H and O–H groups in total. The minimum atomic E-state index is -0.413. The summed E-state index contributed by atoms with van der Waals surface area (Å²) in [6.07, 6.45) is 5.91. The van der Waals surface area contributed by atoms with Crippen molar-refractivity contribution in [3.05, 3.63) is 23.8 Å². The number of methoxy groups -OCH3 is 2. The van der Waals surface area contributed by atoms with Crippen LogP contribution in [0.4, 0.5) is 0 Å². The molecule has 132 valence electrons. The van der Waals surface area contributed by atoms with E-state index in [4.69, 9.17) is 14.2 Å². The molecule has 0 spiro atoms. The van der Waals surface area contributed by atoms with Gasteiger partial charge in [-0.25, -0.2) is 0 Å². The third-order valence-electron chi connectivity index (χ3n) is 4.21. The van der Waals surface area contributed by atoms with Gasteiger partial charge in [0, 0.05) is 11.6 Å². The second-order valence-electron chi connectivity index (χ2n) is 5.97. The molecule has 1 aliphatic rings. The SMILES string of the molecule is COc1cc(OC)cc(C(=O)NCC(=O)OCC2CCCCC2)c1. The molecule has 0 saturated heterocycles. The molecule has 0 radical (unpaired) electrons. The summed E-state index contributed by atoms with van der Waals surface area (Å²) in [5, 5.41) is 2.56. The molecule has 1 saturated carbocycles. The smallest absolute Gasteiger partial charge is 0.325 e. The van der Waals surface area contributed by atoms with E-state index in [1.165, 1.54) is 33.5 Å². The van der Waals surface area contributed by atoms with E-state index in [0.717, 1.165) is 12.8 Å². The minimum absolute atomic E-state index is 0.148. The van der Waals surface area contributed by atoms with Crippen LogP contribution in [0.5, 0.6) is 11.5 Å². The number of rotatable bonds is 7. The second-order valence-corrected chi connectivity index (χ2v) is 5.97. The maximum atomic E-state index is 12.2. The Balaban J connectivity index is 1.80. The Morgan fingerprint density at radius 2 is 1.67 bits per heavy atom. The van der Waals surface area contributed by atoms with Gasteiger partial charge in [-0.1, -0.05) is 19.3 Å². The van der Waals surface area contributed by atoms with Gasteiger partial charge in [-0.2, -0.15) is 0 Å². The number of nitrogens with one attached hydrogen (secondary N) is 1. The Kier molecular flexibility index (Phi) is 6.90. The molecule has 0 aromatic heterocycles. The summed E-state index contributed by atoms with van der Waals surface area (Å²) in [6.45, 7) is 0.298. The van der Waals surface area contributed by atoms with Crippen molar-refractivity contribution in [3.63, 3.8) is 0 Å². The number of carbonyl (C=O) groups is 2. The van der Waals surface area contributed by atoms with E-state index in [-0.39, 0.29) is 12.5 Å². The molecule has 0 heterocycles. The molecule has 2 rings (SSSR count). The first-order valence-electron chi connectivity index (χ1n) is 8.29. The van der Waals surface area contributed by atoms with Crippen molar-refractivity contribution in [3.8, 4) is 11.5 Å². The summed E-state index contributed by atoms with van der Waals surface area (Å²) < 4.78 is 15.5. The van der Waals surface area contributed by atoms with Crippen molar-refractivity contribution >= 4 is 11.9 Å². The lowest BCUT2D eigenvalue weighted by molar-refractivity contribution is -0.144. The van der Waals surface area contributed by atoms with Crippen molar-refractivity contribution in [1.82, 2.24) is 5.32 Å².